The van der Waals surface area contributed by atoms with Crippen molar-refractivity contribution < 1.29 is 9.53 Å². The predicted octanol–water partition coefficient (Wildman–Crippen LogP) is 6.93. The highest BCUT2D eigenvalue weighted by Gasteiger charge is 2.33. The lowest BCUT2D eigenvalue weighted by molar-refractivity contribution is -0.140. The van der Waals surface area contributed by atoms with Gasteiger partial charge in [0.25, 0.3) is 0 Å². The second-order valence-corrected chi connectivity index (χ2v) is 10.2. The highest BCUT2D eigenvalue weighted by atomic mass is 32.1. The molecule has 0 aromatic heterocycles. The fourth-order valence-electron chi connectivity index (χ4n) is 5.84. The van der Waals surface area contributed by atoms with Gasteiger partial charge in [0.1, 0.15) is 5.75 Å². The van der Waals surface area contributed by atoms with Crippen LogP contribution in [-0.4, -0.2) is 11.2 Å². The first kappa shape index (κ1) is 20.3. The van der Waals surface area contributed by atoms with E-state index in [2.05, 4.69) is 24.8 Å². The average molecular weight is 401 g/mol. The summed E-state index contributed by atoms with van der Waals surface area (Å²) in [4.78, 5) is 12.6. The lowest BCUT2D eigenvalue weighted by Crippen LogP contribution is -2.30. The zero-order valence-corrected chi connectivity index (χ0v) is 18.0. The van der Waals surface area contributed by atoms with Gasteiger partial charge in [0.15, 0.2) is 0 Å². The van der Waals surface area contributed by atoms with Gasteiger partial charge in [0, 0.05) is 5.25 Å². The number of carbonyl (C=O) groups excluding carboxylic acids is 1. The lowest BCUT2D eigenvalue weighted by Gasteiger charge is -2.36. The van der Waals surface area contributed by atoms with E-state index in [0.29, 0.717) is 11.2 Å². The topological polar surface area (TPSA) is 26.3 Å². The zero-order chi connectivity index (χ0) is 19.3. The third-order valence-corrected chi connectivity index (χ3v) is 8.20. The molecule has 1 aromatic rings. The summed E-state index contributed by atoms with van der Waals surface area (Å²) in [6.45, 7) is 0. The summed E-state index contributed by atoms with van der Waals surface area (Å²) in [5.74, 6) is 3.19. The molecule has 0 amide bonds. The Bertz CT molecular complexity index is 618. The van der Waals surface area contributed by atoms with Crippen LogP contribution in [0.5, 0.6) is 5.75 Å². The van der Waals surface area contributed by atoms with Crippen LogP contribution in [0.15, 0.2) is 24.3 Å². The summed E-state index contributed by atoms with van der Waals surface area (Å²) >= 11 is 4.63. The highest BCUT2D eigenvalue weighted by Crippen LogP contribution is 2.41. The van der Waals surface area contributed by atoms with Gasteiger partial charge < -0.3 is 4.74 Å². The van der Waals surface area contributed by atoms with Crippen LogP contribution in [0.2, 0.25) is 0 Å². The number of carbonyl (C=O) groups is 1. The molecule has 3 saturated carbocycles. The van der Waals surface area contributed by atoms with Gasteiger partial charge in [-0.05, 0) is 99.7 Å². The Morgan fingerprint density at radius 2 is 1.32 bits per heavy atom. The van der Waals surface area contributed by atoms with Crippen molar-refractivity contribution in [3.8, 4) is 5.75 Å². The number of ether oxygens (including phenoxy) is 1. The number of rotatable bonds is 4. The molecule has 0 saturated heterocycles. The van der Waals surface area contributed by atoms with Crippen molar-refractivity contribution in [2.24, 2.45) is 17.8 Å². The van der Waals surface area contributed by atoms with Crippen molar-refractivity contribution in [1.82, 2.24) is 0 Å². The molecule has 2 nitrogen and oxygen atoms in total. The Hall–Kier alpha value is -0.960. The van der Waals surface area contributed by atoms with E-state index in [4.69, 9.17) is 4.74 Å². The maximum absolute atomic E-state index is 12.6. The molecule has 0 heterocycles. The average Bonchev–Trinajstić information content (AvgIpc) is 2.75. The largest absolute Gasteiger partial charge is 0.426 e. The van der Waals surface area contributed by atoms with Gasteiger partial charge in [-0.3, -0.25) is 4.79 Å². The van der Waals surface area contributed by atoms with Gasteiger partial charge in [-0.1, -0.05) is 31.4 Å². The SMILES string of the molecule is O=C(Oc1ccc(C2CCCCC2)cc1)C1CCC(C2CCC(S)CC2)CC1. The van der Waals surface area contributed by atoms with Gasteiger partial charge in [0.05, 0.1) is 5.92 Å². The minimum atomic E-state index is -0.0112. The second-order valence-electron chi connectivity index (χ2n) is 9.51. The summed E-state index contributed by atoms with van der Waals surface area (Å²) in [5, 5.41) is 0.618. The van der Waals surface area contributed by atoms with Crippen LogP contribution in [0.25, 0.3) is 0 Å². The summed E-state index contributed by atoms with van der Waals surface area (Å²) in [5.41, 5.74) is 1.41. The summed E-state index contributed by atoms with van der Waals surface area (Å²) in [6, 6.07) is 8.35. The number of hydrogen-bond acceptors (Lipinski definition) is 3. The Morgan fingerprint density at radius 3 is 1.93 bits per heavy atom. The molecule has 0 radical (unpaired) electrons. The molecule has 3 aliphatic rings. The molecule has 3 aliphatic carbocycles. The van der Waals surface area contributed by atoms with Crippen molar-refractivity contribution in [2.45, 2.75) is 94.6 Å². The Balaban J connectivity index is 1.24. The fourth-order valence-corrected chi connectivity index (χ4v) is 6.14. The monoisotopic (exact) mass is 400 g/mol. The molecule has 0 N–H and O–H groups in total. The molecular weight excluding hydrogens is 364 g/mol. The van der Waals surface area contributed by atoms with E-state index in [0.717, 1.165) is 30.4 Å². The maximum atomic E-state index is 12.6. The number of thiol groups is 1. The van der Waals surface area contributed by atoms with E-state index in [1.54, 1.807) is 0 Å². The second kappa shape index (κ2) is 9.69. The van der Waals surface area contributed by atoms with Crippen molar-refractivity contribution in [3.63, 3.8) is 0 Å². The third-order valence-electron chi connectivity index (χ3n) is 7.69. The lowest BCUT2D eigenvalue weighted by atomic mass is 9.71. The molecule has 0 spiro atoms. The first-order chi connectivity index (χ1) is 13.7. The van der Waals surface area contributed by atoms with Crippen molar-refractivity contribution in [1.29, 1.82) is 0 Å². The standard InChI is InChI=1S/C25H36O2S/c26-25(22-8-6-19(7-9-22)21-12-16-24(28)17-13-21)27-23-14-10-20(11-15-23)18-4-2-1-3-5-18/h10-11,14-15,18-19,21-22,24,28H,1-9,12-13,16-17H2. The zero-order valence-electron chi connectivity index (χ0n) is 17.2. The molecule has 0 aliphatic heterocycles. The van der Waals surface area contributed by atoms with Gasteiger partial charge in [-0.25, -0.2) is 0 Å². The fraction of sp³-hybridized carbons (Fsp3) is 0.720. The molecular formula is C25H36O2S. The molecule has 3 fully saturated rings. The van der Waals surface area contributed by atoms with Crippen LogP contribution in [0.1, 0.15) is 95.0 Å². The Kier molecular flexibility index (Phi) is 7.03. The van der Waals surface area contributed by atoms with E-state index in [1.807, 2.05) is 12.1 Å². The molecule has 3 heteroatoms. The summed E-state index contributed by atoms with van der Waals surface area (Å²) < 4.78 is 5.74. The third kappa shape index (κ3) is 5.14. The van der Waals surface area contributed by atoms with Crippen LogP contribution < -0.4 is 4.74 Å². The van der Waals surface area contributed by atoms with Gasteiger partial charge >= 0.3 is 5.97 Å². The first-order valence-corrected chi connectivity index (χ1v) is 12.2. The van der Waals surface area contributed by atoms with Crippen LogP contribution in [0.3, 0.4) is 0 Å². The maximum Gasteiger partial charge on any atom is 0.314 e. The van der Waals surface area contributed by atoms with E-state index >= 15 is 0 Å². The molecule has 0 atom stereocenters. The van der Waals surface area contributed by atoms with Gasteiger partial charge in [0.2, 0.25) is 0 Å². The minimum absolute atomic E-state index is 0.0112. The van der Waals surface area contributed by atoms with Crippen molar-refractivity contribution in [3.05, 3.63) is 29.8 Å². The van der Waals surface area contributed by atoms with E-state index in [1.165, 1.54) is 76.2 Å². The van der Waals surface area contributed by atoms with E-state index < -0.39 is 0 Å². The Labute approximate surface area is 176 Å². The van der Waals surface area contributed by atoms with Crippen LogP contribution in [0.4, 0.5) is 0 Å². The van der Waals surface area contributed by atoms with Crippen LogP contribution in [0, 0.1) is 17.8 Å². The van der Waals surface area contributed by atoms with Gasteiger partial charge in [-0.2, -0.15) is 12.6 Å². The first-order valence-electron chi connectivity index (χ1n) is 11.7. The Morgan fingerprint density at radius 1 is 0.750 bits per heavy atom. The molecule has 4 rings (SSSR count). The molecule has 28 heavy (non-hydrogen) atoms. The normalized spacial score (nSPS) is 32.0. The number of hydrogen-bond donors (Lipinski definition) is 1. The van der Waals surface area contributed by atoms with E-state index in [9.17, 15) is 4.79 Å². The molecule has 1 aromatic carbocycles. The molecule has 154 valence electrons. The van der Waals surface area contributed by atoms with Crippen molar-refractivity contribution >= 4 is 18.6 Å². The summed E-state index contributed by atoms with van der Waals surface area (Å²) in [7, 11) is 0. The predicted molar refractivity (Wildman–Crippen MR) is 118 cm³/mol. The summed E-state index contributed by atoms with van der Waals surface area (Å²) in [6.07, 6.45) is 16.3. The van der Waals surface area contributed by atoms with Gasteiger partial charge in [-0.15, -0.1) is 0 Å². The van der Waals surface area contributed by atoms with E-state index in [-0.39, 0.29) is 11.9 Å². The number of benzene rings is 1. The molecule has 0 unspecified atom stereocenters. The number of esters is 1. The van der Waals surface area contributed by atoms with Crippen LogP contribution >= 0.6 is 12.6 Å². The minimum Gasteiger partial charge on any atom is -0.426 e. The van der Waals surface area contributed by atoms with Crippen LogP contribution in [-0.2, 0) is 4.79 Å². The highest BCUT2D eigenvalue weighted by molar-refractivity contribution is 7.80. The quantitative estimate of drug-likeness (QED) is 0.337. The van der Waals surface area contributed by atoms with Crippen molar-refractivity contribution in [2.75, 3.05) is 0 Å². The smallest absolute Gasteiger partial charge is 0.314 e. The molecule has 0 bridgehead atoms.